The number of fused-ring (bicyclic) bond motifs is 1. The van der Waals surface area contributed by atoms with E-state index < -0.39 is 16.1 Å². The summed E-state index contributed by atoms with van der Waals surface area (Å²) in [6, 6.07) is 12.6. The molecule has 176 valence electrons. The van der Waals surface area contributed by atoms with E-state index in [1.165, 1.54) is 23.6 Å². The number of carbonyl (C=O) groups is 1. The molecule has 8 nitrogen and oxygen atoms in total. The summed E-state index contributed by atoms with van der Waals surface area (Å²) in [7, 11) is -3.69. The molecule has 2 aromatic heterocycles. The Hall–Kier alpha value is -3.44. The number of carbonyl (C=O) groups excluding carboxylic acids is 1. The maximum absolute atomic E-state index is 14.0. The lowest BCUT2D eigenvalue weighted by molar-refractivity contribution is -0.124. The first kappa shape index (κ1) is 22.4. The van der Waals surface area contributed by atoms with Crippen molar-refractivity contribution in [3.05, 3.63) is 72.1 Å². The highest BCUT2D eigenvalue weighted by molar-refractivity contribution is 7.93. The van der Waals surface area contributed by atoms with Gasteiger partial charge in [0.15, 0.2) is 5.13 Å². The Kier molecular flexibility index (Phi) is 5.74. The second-order valence-electron chi connectivity index (χ2n) is 8.12. The second-order valence-corrected chi connectivity index (χ2v) is 10.7. The molecule has 0 bridgehead atoms. The molecule has 1 atom stereocenters. The fourth-order valence-electron chi connectivity index (χ4n) is 4.00. The van der Waals surface area contributed by atoms with E-state index in [2.05, 4.69) is 19.9 Å². The number of rotatable bonds is 7. The second kappa shape index (κ2) is 8.73. The van der Waals surface area contributed by atoms with Crippen LogP contribution in [0, 0.1) is 5.82 Å². The van der Waals surface area contributed by atoms with E-state index >= 15 is 0 Å². The first-order valence-corrected chi connectivity index (χ1v) is 13.0. The third-order valence-corrected chi connectivity index (χ3v) is 8.07. The van der Waals surface area contributed by atoms with Crippen LogP contribution in [-0.2, 0) is 14.8 Å². The number of benzene rings is 2. The van der Waals surface area contributed by atoms with Crippen LogP contribution in [0.2, 0.25) is 0 Å². The number of amides is 1. The largest absolute Gasteiger partial charge is 0.367 e. The molecule has 34 heavy (non-hydrogen) atoms. The van der Waals surface area contributed by atoms with E-state index in [1.807, 2.05) is 0 Å². The molecular formula is C23H22FN5O3S2. The van der Waals surface area contributed by atoms with Gasteiger partial charge in [0.05, 0.1) is 16.5 Å². The summed E-state index contributed by atoms with van der Waals surface area (Å²) < 4.78 is 43.1. The number of hydrogen-bond donors (Lipinski definition) is 2. The van der Waals surface area contributed by atoms with Gasteiger partial charge in [0, 0.05) is 41.9 Å². The SMILES string of the molecule is C[C@@H](C(=O)NC1CN(c2ccc(S(=O)(=O)Nc3nccs3)cc2)C1)n1ccc2c(F)cccc21. The van der Waals surface area contributed by atoms with E-state index in [1.54, 1.807) is 65.5 Å². The minimum Gasteiger partial charge on any atom is -0.367 e. The van der Waals surface area contributed by atoms with Crippen LogP contribution in [0.1, 0.15) is 13.0 Å². The average molecular weight is 500 g/mol. The number of nitrogens with one attached hydrogen (secondary N) is 2. The average Bonchev–Trinajstić information content (AvgIpc) is 3.45. The predicted molar refractivity (Wildman–Crippen MR) is 130 cm³/mol. The Morgan fingerprint density at radius 2 is 1.94 bits per heavy atom. The number of sulfonamides is 1. The van der Waals surface area contributed by atoms with Gasteiger partial charge >= 0.3 is 0 Å². The first-order valence-electron chi connectivity index (χ1n) is 10.6. The van der Waals surface area contributed by atoms with Crippen LogP contribution in [0.4, 0.5) is 15.2 Å². The third kappa shape index (κ3) is 4.24. The van der Waals surface area contributed by atoms with Crippen LogP contribution in [0.3, 0.4) is 0 Å². The summed E-state index contributed by atoms with van der Waals surface area (Å²) in [6.07, 6.45) is 3.26. The highest BCUT2D eigenvalue weighted by atomic mass is 32.2. The number of nitrogens with zero attached hydrogens (tertiary/aromatic N) is 3. The standard InChI is InChI=1S/C23H22FN5O3S2/c1-15(29-11-9-19-20(24)3-2-4-21(19)29)22(30)26-16-13-28(14-16)17-5-7-18(8-6-17)34(31,32)27-23-25-10-12-33-23/h2-12,15-16H,13-14H2,1H3,(H,25,27)(H,26,30)/t15-/m0/s1. The highest BCUT2D eigenvalue weighted by Gasteiger charge is 2.30. The Morgan fingerprint density at radius 3 is 2.65 bits per heavy atom. The first-order chi connectivity index (χ1) is 16.3. The Balaban J connectivity index is 1.18. The Labute approximate surface area is 200 Å². The van der Waals surface area contributed by atoms with Crippen molar-refractivity contribution in [2.45, 2.75) is 23.9 Å². The molecule has 2 N–H and O–H groups in total. The lowest BCUT2D eigenvalue weighted by Crippen LogP contribution is -2.60. The molecule has 0 spiro atoms. The number of hydrogen-bond acceptors (Lipinski definition) is 6. The van der Waals surface area contributed by atoms with Crippen molar-refractivity contribution in [2.24, 2.45) is 0 Å². The fourth-order valence-corrected chi connectivity index (χ4v) is 5.79. The van der Waals surface area contributed by atoms with Crippen molar-refractivity contribution >= 4 is 49.0 Å². The van der Waals surface area contributed by atoms with Crippen molar-refractivity contribution in [3.63, 3.8) is 0 Å². The third-order valence-electron chi connectivity index (χ3n) is 5.90. The molecule has 0 unspecified atom stereocenters. The van der Waals surface area contributed by atoms with Gasteiger partial charge in [-0.25, -0.2) is 17.8 Å². The van der Waals surface area contributed by atoms with Gasteiger partial charge in [0.25, 0.3) is 10.0 Å². The van der Waals surface area contributed by atoms with Gasteiger partial charge < -0.3 is 14.8 Å². The summed E-state index contributed by atoms with van der Waals surface area (Å²) in [5.74, 6) is -0.447. The molecule has 1 aliphatic heterocycles. The molecule has 1 fully saturated rings. The summed E-state index contributed by atoms with van der Waals surface area (Å²) in [6.45, 7) is 3.01. The van der Waals surface area contributed by atoms with E-state index in [-0.39, 0.29) is 22.7 Å². The van der Waals surface area contributed by atoms with E-state index in [0.29, 0.717) is 29.1 Å². The van der Waals surface area contributed by atoms with E-state index in [0.717, 1.165) is 5.69 Å². The maximum Gasteiger partial charge on any atom is 0.263 e. The molecule has 11 heteroatoms. The monoisotopic (exact) mass is 499 g/mol. The van der Waals surface area contributed by atoms with Crippen LogP contribution in [0.25, 0.3) is 10.9 Å². The molecule has 0 radical (unpaired) electrons. The highest BCUT2D eigenvalue weighted by Crippen LogP contribution is 2.26. The maximum atomic E-state index is 14.0. The number of anilines is 2. The van der Waals surface area contributed by atoms with Crippen LogP contribution in [0.5, 0.6) is 0 Å². The van der Waals surface area contributed by atoms with Gasteiger partial charge in [0.2, 0.25) is 5.91 Å². The van der Waals surface area contributed by atoms with Gasteiger partial charge in [-0.15, -0.1) is 11.3 Å². The Bertz CT molecular complexity index is 1430. The van der Waals surface area contributed by atoms with Crippen LogP contribution < -0.4 is 14.9 Å². The number of halogens is 1. The number of thiazole rings is 1. The Morgan fingerprint density at radius 1 is 1.18 bits per heavy atom. The van der Waals surface area contributed by atoms with Crippen molar-refractivity contribution in [1.29, 1.82) is 0 Å². The smallest absolute Gasteiger partial charge is 0.263 e. The van der Waals surface area contributed by atoms with Gasteiger partial charge in [0.1, 0.15) is 11.9 Å². The molecule has 5 rings (SSSR count). The molecular weight excluding hydrogens is 477 g/mol. The summed E-state index contributed by atoms with van der Waals surface area (Å²) in [5.41, 5.74) is 1.55. The van der Waals surface area contributed by atoms with Crippen LogP contribution in [0.15, 0.2) is 71.2 Å². The summed E-state index contributed by atoms with van der Waals surface area (Å²) in [4.78, 5) is 18.9. The topological polar surface area (TPSA) is 96.3 Å². The molecule has 1 saturated heterocycles. The summed E-state index contributed by atoms with van der Waals surface area (Å²) >= 11 is 1.21. The fraction of sp³-hybridized carbons (Fsp3) is 0.217. The lowest BCUT2D eigenvalue weighted by Gasteiger charge is -2.41. The molecule has 2 aromatic carbocycles. The minimum atomic E-state index is -3.69. The van der Waals surface area contributed by atoms with Gasteiger partial charge in [-0.1, -0.05) is 6.07 Å². The molecule has 0 aliphatic carbocycles. The molecule has 4 aromatic rings. The zero-order valence-electron chi connectivity index (χ0n) is 18.2. The van der Waals surface area contributed by atoms with Gasteiger partial charge in [-0.2, -0.15) is 0 Å². The van der Waals surface area contributed by atoms with Crippen molar-refractivity contribution in [1.82, 2.24) is 14.9 Å². The molecule has 1 amide bonds. The van der Waals surface area contributed by atoms with Gasteiger partial charge in [-0.3, -0.25) is 9.52 Å². The van der Waals surface area contributed by atoms with Gasteiger partial charge in [-0.05, 0) is 49.4 Å². The molecule has 1 aliphatic rings. The van der Waals surface area contributed by atoms with E-state index in [9.17, 15) is 17.6 Å². The predicted octanol–water partition coefficient (Wildman–Crippen LogP) is 3.60. The summed E-state index contributed by atoms with van der Waals surface area (Å²) in [5, 5.41) is 5.54. The van der Waals surface area contributed by atoms with Crippen molar-refractivity contribution in [2.75, 3.05) is 22.7 Å². The van der Waals surface area contributed by atoms with Crippen molar-refractivity contribution in [3.8, 4) is 0 Å². The van der Waals surface area contributed by atoms with E-state index in [4.69, 9.17) is 0 Å². The zero-order chi connectivity index (χ0) is 23.9. The van der Waals surface area contributed by atoms with Crippen LogP contribution in [-0.4, -0.2) is 43.0 Å². The number of aromatic nitrogens is 2. The zero-order valence-corrected chi connectivity index (χ0v) is 19.8. The quantitative estimate of drug-likeness (QED) is 0.405. The minimum absolute atomic E-state index is 0.0245. The molecule has 3 heterocycles. The molecule has 0 saturated carbocycles. The lowest BCUT2D eigenvalue weighted by atomic mass is 10.1. The van der Waals surface area contributed by atoms with Crippen LogP contribution >= 0.6 is 11.3 Å². The van der Waals surface area contributed by atoms with Crippen molar-refractivity contribution < 1.29 is 17.6 Å². The normalized spacial score (nSPS) is 15.2.